The lowest BCUT2D eigenvalue weighted by Gasteiger charge is -2.32. The van der Waals surface area contributed by atoms with Crippen molar-refractivity contribution in [2.24, 2.45) is 5.92 Å². The second-order valence-electron chi connectivity index (χ2n) is 29.2. The van der Waals surface area contributed by atoms with E-state index in [1.807, 2.05) is 197 Å². The first-order valence-corrected chi connectivity index (χ1v) is 36.2. The minimum absolute atomic E-state index is 0.0873. The Morgan fingerprint density at radius 2 is 1.09 bits per heavy atom. The molecule has 0 bridgehead atoms. The molecule has 102 heavy (non-hydrogen) atoms. The molecule has 0 spiro atoms. The van der Waals surface area contributed by atoms with Crippen molar-refractivity contribution < 1.29 is 61.0 Å². The van der Waals surface area contributed by atoms with E-state index in [1.165, 1.54) is 29.6 Å². The first-order valence-electron chi connectivity index (χ1n) is 34.6. The van der Waals surface area contributed by atoms with Crippen LogP contribution < -0.4 is 30.6 Å². The van der Waals surface area contributed by atoms with Crippen molar-refractivity contribution >= 4 is 107 Å². The maximum atomic E-state index is 14.4. The minimum atomic E-state index is -3.51. The van der Waals surface area contributed by atoms with Crippen LogP contribution in [0.2, 0.25) is 0 Å². The van der Waals surface area contributed by atoms with Gasteiger partial charge in [-0.2, -0.15) is 8.78 Å². The fourth-order valence-corrected chi connectivity index (χ4v) is 14.8. The van der Waals surface area contributed by atoms with Gasteiger partial charge in [-0.3, -0.25) is 20.2 Å². The molecule has 13 rings (SSSR count). The number of para-hydroxylation sites is 2. The van der Waals surface area contributed by atoms with Crippen LogP contribution in [0, 0.1) is 12.8 Å². The number of ether oxygens (including phenoxy) is 4. The Morgan fingerprint density at radius 3 is 1.60 bits per heavy atom. The molecule has 0 unspecified atom stereocenters. The van der Waals surface area contributed by atoms with E-state index in [4.69, 9.17) is 33.5 Å². The number of nitrogens with zero attached hydrogens (tertiary/aromatic N) is 6. The zero-order chi connectivity index (χ0) is 72.6. The smallest absolute Gasteiger partial charge is 0.490 e. The average molecular weight is 1420 g/mol. The number of aromatic nitrogens is 4. The summed E-state index contributed by atoms with van der Waals surface area (Å²) < 4.78 is 66.1. The Bertz CT molecular complexity index is 4590. The molecule has 532 valence electrons. The molecule has 4 aromatic heterocycles. The molecule has 1 saturated heterocycles. The highest BCUT2D eigenvalue weighted by Crippen LogP contribution is 2.41. The summed E-state index contributed by atoms with van der Waals surface area (Å²) in [6, 6.07) is 40.2. The number of benzene rings is 5. The third kappa shape index (κ3) is 16.3. The van der Waals surface area contributed by atoms with Gasteiger partial charge in [-0.1, -0.05) is 89.4 Å². The van der Waals surface area contributed by atoms with Crippen molar-refractivity contribution in [3.8, 4) is 16.9 Å². The summed E-state index contributed by atoms with van der Waals surface area (Å²) in [6.45, 7) is 24.3. The summed E-state index contributed by atoms with van der Waals surface area (Å²) in [4.78, 5) is 89.5. The van der Waals surface area contributed by atoms with Crippen molar-refractivity contribution in [1.82, 2.24) is 19.9 Å². The van der Waals surface area contributed by atoms with Gasteiger partial charge in [0.2, 0.25) is 0 Å². The molecular weight excluding hydrogens is 1340 g/mol. The molecule has 0 atom stereocenters. The van der Waals surface area contributed by atoms with Gasteiger partial charge in [0.25, 0.3) is 11.8 Å². The van der Waals surface area contributed by atoms with E-state index in [1.54, 1.807) is 0 Å². The highest BCUT2D eigenvalue weighted by Gasteiger charge is 2.53. The van der Waals surface area contributed by atoms with Crippen molar-refractivity contribution in [2.75, 3.05) is 40.1 Å². The van der Waals surface area contributed by atoms with Crippen LogP contribution >= 0.6 is 22.7 Å². The number of halogens is 2. The number of alkyl halides is 2. The molecular formula is C78H85BF2N8O11S2. The molecule has 2 amide bonds. The number of thiazole rings is 2. The first-order chi connectivity index (χ1) is 48.4. The summed E-state index contributed by atoms with van der Waals surface area (Å²) in [6.07, 6.45) is 2.81. The summed E-state index contributed by atoms with van der Waals surface area (Å²) in [5.41, 5.74) is 7.14. The summed E-state index contributed by atoms with van der Waals surface area (Å²) in [5.74, 6) is -5.03. The quantitative estimate of drug-likeness (QED) is 0.0521. The number of carbonyl (C=O) groups is 5. The first kappa shape index (κ1) is 72.6. The SMILES string of the molecule is CC(C)(C)OC(=O)c1nc(N2CCc3cccc(C(=O)Nc4nc5ccccc5s4)c3C2)ccc1B1OC(C)(C)C(C)(C)O1.CCOC(=O)C(F)(F)CC1CCC(Oc2cccc(-c3ccc(N4CCc5cccc(C(=O)Nc6nc7ccccc7s6)c5C4)nc3C(=O)OC(C)(C)C)c2C)CC1. The predicted molar refractivity (Wildman–Crippen MR) is 395 cm³/mol. The normalized spacial score (nSPS) is 17.2. The number of anilines is 4. The lowest BCUT2D eigenvalue weighted by molar-refractivity contribution is -0.174. The van der Waals surface area contributed by atoms with Crippen LogP contribution in [-0.4, -0.2) is 111 Å². The average Bonchev–Trinajstić information content (AvgIpc) is 1.20. The number of hydrogen-bond donors (Lipinski definition) is 2. The van der Waals surface area contributed by atoms with Gasteiger partial charge >= 0.3 is 30.9 Å². The molecule has 1 saturated carbocycles. The zero-order valence-electron chi connectivity index (χ0n) is 59.6. The van der Waals surface area contributed by atoms with Gasteiger partial charge in [0.05, 0.1) is 44.3 Å². The highest BCUT2D eigenvalue weighted by atomic mass is 32.1. The molecule has 2 fully saturated rings. The molecule has 7 heterocycles. The van der Waals surface area contributed by atoms with Crippen LogP contribution in [0.15, 0.2) is 127 Å². The highest BCUT2D eigenvalue weighted by molar-refractivity contribution is 7.22. The molecule has 9 aromatic rings. The number of hydrogen-bond acceptors (Lipinski definition) is 19. The number of rotatable bonds is 16. The minimum Gasteiger partial charge on any atom is -0.490 e. The van der Waals surface area contributed by atoms with Crippen LogP contribution in [0.4, 0.5) is 30.7 Å². The second-order valence-corrected chi connectivity index (χ2v) is 31.3. The maximum Gasteiger partial charge on any atom is 0.497 e. The summed E-state index contributed by atoms with van der Waals surface area (Å²) in [7, 11) is -0.774. The maximum absolute atomic E-state index is 14.4. The van der Waals surface area contributed by atoms with E-state index in [-0.39, 0.29) is 41.8 Å². The molecule has 5 aromatic carbocycles. The Hall–Kier alpha value is -9.23. The zero-order valence-corrected chi connectivity index (χ0v) is 61.2. The molecule has 19 nitrogen and oxygen atoms in total. The van der Waals surface area contributed by atoms with Crippen molar-refractivity contribution in [3.63, 3.8) is 0 Å². The number of esters is 3. The Kier molecular flexibility index (Phi) is 20.8. The van der Waals surface area contributed by atoms with E-state index in [0.29, 0.717) is 108 Å². The van der Waals surface area contributed by atoms with Gasteiger partial charge in [-0.25, -0.2) is 34.3 Å². The monoisotopic (exact) mass is 1420 g/mol. The van der Waals surface area contributed by atoms with Gasteiger partial charge in [0.1, 0.15) is 28.6 Å². The van der Waals surface area contributed by atoms with Crippen molar-refractivity contribution in [3.05, 3.63) is 178 Å². The van der Waals surface area contributed by atoms with E-state index in [2.05, 4.69) is 41.2 Å². The van der Waals surface area contributed by atoms with Gasteiger partial charge in [0, 0.05) is 54.8 Å². The topological polar surface area (TPSA) is 223 Å². The van der Waals surface area contributed by atoms with Crippen LogP contribution in [0.5, 0.6) is 5.75 Å². The van der Waals surface area contributed by atoms with Gasteiger partial charge in [-0.15, -0.1) is 0 Å². The summed E-state index contributed by atoms with van der Waals surface area (Å²) in [5, 5.41) is 7.08. The number of nitrogens with one attached hydrogen (secondary N) is 2. The largest absolute Gasteiger partial charge is 0.497 e. The van der Waals surface area contributed by atoms with Crippen molar-refractivity contribution in [1.29, 1.82) is 0 Å². The molecule has 24 heteroatoms. The van der Waals surface area contributed by atoms with Gasteiger partial charge < -0.3 is 38.1 Å². The van der Waals surface area contributed by atoms with E-state index >= 15 is 0 Å². The third-order valence-corrected chi connectivity index (χ3v) is 20.9. The third-order valence-electron chi connectivity index (χ3n) is 19.0. The van der Waals surface area contributed by atoms with Gasteiger partial charge in [0.15, 0.2) is 21.7 Å². The number of carbonyl (C=O) groups excluding carboxylic acids is 5. The van der Waals surface area contributed by atoms with Crippen LogP contribution in [0.1, 0.15) is 178 Å². The molecule has 0 radical (unpaired) electrons. The lowest BCUT2D eigenvalue weighted by Crippen LogP contribution is -2.41. The Labute approximate surface area is 601 Å². The van der Waals surface area contributed by atoms with Crippen LogP contribution in [0.3, 0.4) is 0 Å². The molecule has 3 aliphatic heterocycles. The summed E-state index contributed by atoms with van der Waals surface area (Å²) >= 11 is 2.87. The molecule has 4 aliphatic rings. The standard InChI is InChI=1S/C45H48F2N4O6S.C33H37BN4O5S/c1-6-55-42(54)45(46,47)25-28-17-19-30(20-18-28)56-36-15-10-12-31(27(36)2)32-21-22-38(49-39(32)41(53)57-44(3,4)5)51-24-23-29-11-9-13-33(34(29)26-51)40(52)50-43-48-35-14-7-8-16-37(35)58-43;1-31(2,3)41-29(40)27-23(34-42-32(4,5)33(6,7)43-34)15-16-26(36-27)38-18-17-20-11-10-12-21(22(20)19-38)28(39)37-30-35-24-13-8-9-14-25(24)44-30/h7-16,21-22,28,30H,6,17-20,23-26H2,1-5H3,(H,48,50,52);8-16H,17-19H2,1-7H3,(H,35,37,39). The number of fused-ring (bicyclic) bond motifs is 4. The predicted octanol–water partition coefficient (Wildman–Crippen LogP) is 15.7. The fraction of sp³-hybridized carbons (Fsp3) is 0.397. The number of amides is 2. The van der Waals surface area contributed by atoms with Crippen molar-refractivity contribution in [2.45, 2.75) is 176 Å². The van der Waals surface area contributed by atoms with Gasteiger partial charge in [-0.05, 0) is 222 Å². The number of pyridine rings is 2. The van der Waals surface area contributed by atoms with E-state index in [0.717, 1.165) is 60.2 Å². The fourth-order valence-electron chi connectivity index (χ4n) is 13.1. The van der Waals surface area contributed by atoms with Crippen LogP contribution in [0.25, 0.3) is 31.6 Å². The Balaban J connectivity index is 0.000000200. The molecule has 1 aliphatic carbocycles. The lowest BCUT2D eigenvalue weighted by atomic mass is 9.77. The van der Waals surface area contributed by atoms with E-state index < -0.39 is 59.8 Å². The molecule has 2 N–H and O–H groups in total. The van der Waals surface area contributed by atoms with Crippen LogP contribution in [-0.2, 0) is 54.2 Å². The Morgan fingerprint density at radius 1 is 0.598 bits per heavy atom. The second kappa shape index (κ2) is 29.3. The van der Waals surface area contributed by atoms with E-state index in [9.17, 15) is 32.8 Å².